The lowest BCUT2D eigenvalue weighted by molar-refractivity contribution is 0.158. The Morgan fingerprint density at radius 2 is 1.95 bits per heavy atom. The Hall–Kier alpha value is -0.870. The van der Waals surface area contributed by atoms with Crippen LogP contribution in [0.15, 0.2) is 6.20 Å². The SMILES string of the molecule is CCCn1ncc(CN(C)C2C[C@H]3CC(O)C[C@H]3C2)c1C. The molecule has 0 aromatic carbocycles. The predicted molar refractivity (Wildman–Crippen MR) is 84.0 cm³/mol. The summed E-state index contributed by atoms with van der Waals surface area (Å²) in [6.45, 7) is 6.40. The third kappa shape index (κ3) is 3.02. The highest BCUT2D eigenvalue weighted by Crippen LogP contribution is 2.45. The highest BCUT2D eigenvalue weighted by Gasteiger charge is 2.42. The average Bonchev–Trinajstić information content (AvgIpc) is 3.06. The van der Waals surface area contributed by atoms with E-state index >= 15 is 0 Å². The maximum absolute atomic E-state index is 9.76. The number of aromatic nitrogens is 2. The van der Waals surface area contributed by atoms with Gasteiger partial charge in [0.15, 0.2) is 0 Å². The molecule has 0 aliphatic heterocycles. The van der Waals surface area contributed by atoms with Gasteiger partial charge in [-0.2, -0.15) is 5.10 Å². The Kier molecular flexibility index (Phi) is 4.36. The quantitative estimate of drug-likeness (QED) is 0.906. The van der Waals surface area contributed by atoms with Crippen LogP contribution in [-0.4, -0.2) is 39.0 Å². The molecule has 118 valence electrons. The fourth-order valence-corrected chi connectivity index (χ4v) is 4.39. The minimum atomic E-state index is -0.0271. The maximum Gasteiger partial charge on any atom is 0.0545 e. The number of aliphatic hydroxyl groups excluding tert-OH is 1. The molecule has 2 fully saturated rings. The summed E-state index contributed by atoms with van der Waals surface area (Å²) >= 11 is 0. The Morgan fingerprint density at radius 3 is 2.57 bits per heavy atom. The van der Waals surface area contributed by atoms with Crippen molar-refractivity contribution in [2.45, 2.75) is 71.2 Å². The Balaban J connectivity index is 1.59. The molecular formula is C17H29N3O. The molecule has 4 heteroatoms. The molecule has 0 radical (unpaired) electrons. The van der Waals surface area contributed by atoms with Crippen molar-refractivity contribution in [3.8, 4) is 0 Å². The van der Waals surface area contributed by atoms with E-state index in [0.29, 0.717) is 6.04 Å². The van der Waals surface area contributed by atoms with E-state index in [0.717, 1.165) is 44.2 Å². The highest BCUT2D eigenvalue weighted by molar-refractivity contribution is 5.16. The van der Waals surface area contributed by atoms with Crippen molar-refractivity contribution in [3.05, 3.63) is 17.5 Å². The molecule has 0 saturated heterocycles. The van der Waals surface area contributed by atoms with Crippen molar-refractivity contribution in [1.82, 2.24) is 14.7 Å². The lowest BCUT2D eigenvalue weighted by Gasteiger charge is -2.25. The monoisotopic (exact) mass is 291 g/mol. The molecule has 2 unspecified atom stereocenters. The van der Waals surface area contributed by atoms with Gasteiger partial charge in [0.25, 0.3) is 0 Å². The smallest absolute Gasteiger partial charge is 0.0545 e. The zero-order chi connectivity index (χ0) is 15.0. The predicted octanol–water partition coefficient (Wildman–Crippen LogP) is 2.58. The van der Waals surface area contributed by atoms with Crippen LogP contribution >= 0.6 is 0 Å². The highest BCUT2D eigenvalue weighted by atomic mass is 16.3. The summed E-state index contributed by atoms with van der Waals surface area (Å²) in [7, 11) is 2.25. The van der Waals surface area contributed by atoms with Gasteiger partial charge in [0, 0.05) is 30.4 Å². The molecule has 2 aliphatic carbocycles. The number of nitrogens with zero attached hydrogens (tertiary/aromatic N) is 3. The number of hydrogen-bond donors (Lipinski definition) is 1. The van der Waals surface area contributed by atoms with Crippen LogP contribution in [0.5, 0.6) is 0 Å². The van der Waals surface area contributed by atoms with E-state index in [9.17, 15) is 5.11 Å². The molecule has 1 N–H and O–H groups in total. The van der Waals surface area contributed by atoms with Gasteiger partial charge in [-0.25, -0.2) is 0 Å². The van der Waals surface area contributed by atoms with E-state index in [1.54, 1.807) is 0 Å². The van der Waals surface area contributed by atoms with Gasteiger partial charge in [-0.3, -0.25) is 9.58 Å². The normalized spacial score (nSPS) is 32.0. The molecule has 0 bridgehead atoms. The van der Waals surface area contributed by atoms with E-state index < -0.39 is 0 Å². The van der Waals surface area contributed by atoms with E-state index in [-0.39, 0.29) is 6.10 Å². The van der Waals surface area contributed by atoms with Crippen molar-refractivity contribution >= 4 is 0 Å². The minimum absolute atomic E-state index is 0.0271. The van der Waals surface area contributed by atoms with Gasteiger partial charge in [0.2, 0.25) is 0 Å². The molecule has 2 aliphatic rings. The summed E-state index contributed by atoms with van der Waals surface area (Å²) in [6.07, 6.45) is 7.74. The Labute approximate surface area is 128 Å². The molecule has 0 spiro atoms. The van der Waals surface area contributed by atoms with Crippen LogP contribution in [0, 0.1) is 18.8 Å². The molecule has 1 aromatic rings. The third-order valence-corrected chi connectivity index (χ3v) is 5.65. The summed E-state index contributed by atoms with van der Waals surface area (Å²) in [5.41, 5.74) is 2.68. The standard InChI is InChI=1S/C17H29N3O/c1-4-5-20-12(2)15(10-18-20)11-19(3)16-6-13-8-17(21)9-14(13)7-16/h10,13-14,16-17,21H,4-9,11H2,1-3H3/t13-,14+,16?,17?. The van der Waals surface area contributed by atoms with Crippen LogP contribution in [0.4, 0.5) is 0 Å². The topological polar surface area (TPSA) is 41.3 Å². The molecule has 0 amide bonds. The van der Waals surface area contributed by atoms with Crippen molar-refractivity contribution in [1.29, 1.82) is 0 Å². The van der Waals surface area contributed by atoms with Crippen LogP contribution in [0.1, 0.15) is 50.3 Å². The third-order valence-electron chi connectivity index (χ3n) is 5.65. The van der Waals surface area contributed by atoms with Crippen molar-refractivity contribution in [2.24, 2.45) is 11.8 Å². The van der Waals surface area contributed by atoms with Gasteiger partial charge in [0.1, 0.15) is 0 Å². The number of aryl methyl sites for hydroxylation is 1. The first kappa shape index (κ1) is 15.0. The van der Waals surface area contributed by atoms with Gasteiger partial charge in [0.05, 0.1) is 12.3 Å². The van der Waals surface area contributed by atoms with E-state index in [4.69, 9.17) is 0 Å². The number of hydrogen-bond acceptors (Lipinski definition) is 3. The number of rotatable bonds is 5. The van der Waals surface area contributed by atoms with Crippen molar-refractivity contribution in [3.63, 3.8) is 0 Å². The Morgan fingerprint density at radius 1 is 1.29 bits per heavy atom. The second-order valence-electron chi connectivity index (χ2n) is 7.16. The number of aliphatic hydroxyl groups is 1. The first-order valence-electron chi connectivity index (χ1n) is 8.48. The van der Waals surface area contributed by atoms with Crippen LogP contribution in [-0.2, 0) is 13.1 Å². The van der Waals surface area contributed by atoms with E-state index in [1.165, 1.54) is 24.1 Å². The van der Waals surface area contributed by atoms with Gasteiger partial charge < -0.3 is 5.11 Å². The van der Waals surface area contributed by atoms with Crippen molar-refractivity contribution < 1.29 is 5.11 Å². The van der Waals surface area contributed by atoms with Gasteiger partial charge in [-0.15, -0.1) is 0 Å². The van der Waals surface area contributed by atoms with Crippen LogP contribution in [0.25, 0.3) is 0 Å². The molecule has 1 heterocycles. The molecule has 3 rings (SSSR count). The van der Waals surface area contributed by atoms with Crippen LogP contribution in [0.3, 0.4) is 0 Å². The summed E-state index contributed by atoms with van der Waals surface area (Å²) in [5, 5.41) is 14.3. The lowest BCUT2D eigenvalue weighted by Crippen LogP contribution is -2.30. The largest absolute Gasteiger partial charge is 0.393 e. The zero-order valence-corrected chi connectivity index (χ0v) is 13.6. The minimum Gasteiger partial charge on any atom is -0.393 e. The average molecular weight is 291 g/mol. The van der Waals surface area contributed by atoms with E-state index in [1.807, 2.05) is 6.20 Å². The molecule has 1 aromatic heterocycles. The molecule has 21 heavy (non-hydrogen) atoms. The molecule has 4 nitrogen and oxygen atoms in total. The zero-order valence-electron chi connectivity index (χ0n) is 13.6. The van der Waals surface area contributed by atoms with Gasteiger partial charge in [-0.05, 0) is 57.9 Å². The summed E-state index contributed by atoms with van der Waals surface area (Å²) < 4.78 is 2.13. The van der Waals surface area contributed by atoms with Crippen LogP contribution in [0.2, 0.25) is 0 Å². The van der Waals surface area contributed by atoms with Crippen molar-refractivity contribution in [2.75, 3.05) is 7.05 Å². The van der Waals surface area contributed by atoms with E-state index in [2.05, 4.69) is 35.6 Å². The Bertz CT molecular complexity index is 470. The first-order valence-corrected chi connectivity index (χ1v) is 8.48. The second-order valence-corrected chi connectivity index (χ2v) is 7.16. The molecular weight excluding hydrogens is 262 g/mol. The summed E-state index contributed by atoms with van der Waals surface area (Å²) in [4.78, 5) is 2.50. The van der Waals surface area contributed by atoms with Crippen LogP contribution < -0.4 is 0 Å². The summed E-state index contributed by atoms with van der Waals surface area (Å²) in [5.74, 6) is 1.52. The summed E-state index contributed by atoms with van der Waals surface area (Å²) in [6, 6.07) is 0.682. The lowest BCUT2D eigenvalue weighted by atomic mass is 10.0. The molecule has 2 saturated carbocycles. The fraction of sp³-hybridized carbons (Fsp3) is 0.824. The fourth-order valence-electron chi connectivity index (χ4n) is 4.39. The van der Waals surface area contributed by atoms with Gasteiger partial charge in [-0.1, -0.05) is 6.92 Å². The maximum atomic E-state index is 9.76. The second kappa shape index (κ2) is 6.09. The first-order chi connectivity index (χ1) is 10.1. The number of fused-ring (bicyclic) bond motifs is 1. The van der Waals surface area contributed by atoms with Gasteiger partial charge >= 0.3 is 0 Å². The molecule has 4 atom stereocenters.